The molecule has 4 aromatic carbocycles. The highest BCUT2D eigenvalue weighted by Gasteiger charge is 2.13. The molecular formula is C29H24FN3O2S. The predicted octanol–water partition coefficient (Wildman–Crippen LogP) is 6.09. The molecule has 1 heterocycles. The van der Waals surface area contributed by atoms with Crippen molar-refractivity contribution in [2.75, 3.05) is 17.6 Å². The summed E-state index contributed by atoms with van der Waals surface area (Å²) in [6.07, 6.45) is 1.99. The number of hydrogen-bond donors (Lipinski definition) is 2. The first-order valence-corrected chi connectivity index (χ1v) is 12.6. The number of carbonyl (C=O) groups excluding carboxylic acids is 2. The van der Waals surface area contributed by atoms with Gasteiger partial charge in [0, 0.05) is 40.6 Å². The van der Waals surface area contributed by atoms with Crippen LogP contribution in [0.2, 0.25) is 0 Å². The molecule has 0 aliphatic carbocycles. The number of nitrogens with zero attached hydrogens (tertiary/aromatic N) is 1. The molecule has 0 fully saturated rings. The second kappa shape index (κ2) is 10.7. The van der Waals surface area contributed by atoms with Gasteiger partial charge in [-0.15, -0.1) is 11.8 Å². The molecule has 7 heteroatoms. The molecule has 0 aliphatic heterocycles. The maximum absolute atomic E-state index is 13.8. The minimum absolute atomic E-state index is 0.114. The average molecular weight is 498 g/mol. The van der Waals surface area contributed by atoms with Crippen molar-refractivity contribution < 1.29 is 14.0 Å². The molecule has 0 spiro atoms. The Labute approximate surface area is 212 Å². The Balaban J connectivity index is 1.22. The Bertz CT molecular complexity index is 1560. The van der Waals surface area contributed by atoms with E-state index in [1.165, 1.54) is 23.9 Å². The normalized spacial score (nSPS) is 11.0. The van der Waals surface area contributed by atoms with Crippen molar-refractivity contribution in [1.82, 2.24) is 9.88 Å². The second-order valence-electron chi connectivity index (χ2n) is 8.34. The van der Waals surface area contributed by atoms with Gasteiger partial charge in [0.2, 0.25) is 5.91 Å². The number of amides is 2. The summed E-state index contributed by atoms with van der Waals surface area (Å²) in [5, 5.41) is 8.78. The topological polar surface area (TPSA) is 63.1 Å². The van der Waals surface area contributed by atoms with Gasteiger partial charge in [-0.1, -0.05) is 60.7 Å². The quantitative estimate of drug-likeness (QED) is 0.255. The fourth-order valence-electron chi connectivity index (χ4n) is 4.13. The minimum atomic E-state index is -0.460. The molecule has 36 heavy (non-hydrogen) atoms. The molecule has 0 aliphatic rings. The molecule has 5 nitrogen and oxygen atoms in total. The summed E-state index contributed by atoms with van der Waals surface area (Å²) in [6.45, 7) is 1.05. The maximum Gasteiger partial charge on any atom is 0.251 e. The van der Waals surface area contributed by atoms with Crippen molar-refractivity contribution in [2.45, 2.75) is 11.4 Å². The van der Waals surface area contributed by atoms with Gasteiger partial charge in [-0.25, -0.2) is 4.39 Å². The third-order valence-electron chi connectivity index (χ3n) is 5.91. The lowest BCUT2D eigenvalue weighted by Gasteiger charge is -2.08. The summed E-state index contributed by atoms with van der Waals surface area (Å²) in [7, 11) is 0. The number of anilines is 1. The first-order valence-electron chi connectivity index (χ1n) is 11.6. The molecule has 1 aromatic heterocycles. The van der Waals surface area contributed by atoms with Crippen molar-refractivity contribution in [3.63, 3.8) is 0 Å². The number of para-hydroxylation sites is 2. The summed E-state index contributed by atoms with van der Waals surface area (Å²) in [6, 6.07) is 27.7. The lowest BCUT2D eigenvalue weighted by Crippen LogP contribution is -2.27. The second-order valence-corrected chi connectivity index (χ2v) is 9.36. The van der Waals surface area contributed by atoms with Gasteiger partial charge in [-0.05, 0) is 41.1 Å². The van der Waals surface area contributed by atoms with Crippen LogP contribution in [0, 0.1) is 5.82 Å². The van der Waals surface area contributed by atoms with Crippen LogP contribution in [-0.4, -0.2) is 28.7 Å². The highest BCUT2D eigenvalue weighted by molar-refractivity contribution is 8.00. The highest BCUT2D eigenvalue weighted by atomic mass is 32.2. The molecule has 5 aromatic rings. The van der Waals surface area contributed by atoms with Gasteiger partial charge in [0.25, 0.3) is 5.91 Å². The molecule has 0 atom stereocenters. The smallest absolute Gasteiger partial charge is 0.251 e. The summed E-state index contributed by atoms with van der Waals surface area (Å²) >= 11 is 1.40. The molecule has 0 bridgehead atoms. The minimum Gasteiger partial charge on any atom is -0.350 e. The Morgan fingerprint density at radius 2 is 1.61 bits per heavy atom. The lowest BCUT2D eigenvalue weighted by molar-refractivity contribution is -0.113. The van der Waals surface area contributed by atoms with Crippen LogP contribution in [0.5, 0.6) is 0 Å². The zero-order chi connectivity index (χ0) is 24.9. The number of benzene rings is 4. The van der Waals surface area contributed by atoms with E-state index in [9.17, 15) is 14.0 Å². The molecule has 180 valence electrons. The van der Waals surface area contributed by atoms with E-state index < -0.39 is 5.82 Å². The maximum atomic E-state index is 13.8. The van der Waals surface area contributed by atoms with E-state index >= 15 is 0 Å². The number of thioether (sulfide) groups is 1. The number of fused-ring (bicyclic) bond motifs is 2. The van der Waals surface area contributed by atoms with Crippen molar-refractivity contribution in [3.8, 4) is 0 Å². The molecule has 0 saturated heterocycles. The van der Waals surface area contributed by atoms with Gasteiger partial charge in [0.05, 0.1) is 11.4 Å². The van der Waals surface area contributed by atoms with E-state index in [1.54, 1.807) is 12.1 Å². The van der Waals surface area contributed by atoms with Crippen LogP contribution >= 0.6 is 11.8 Å². The molecular weight excluding hydrogens is 473 g/mol. The van der Waals surface area contributed by atoms with E-state index in [-0.39, 0.29) is 23.3 Å². The number of halogens is 1. The van der Waals surface area contributed by atoms with Crippen LogP contribution in [0.15, 0.2) is 102 Å². The van der Waals surface area contributed by atoms with Gasteiger partial charge in [0.1, 0.15) is 5.82 Å². The number of aromatic nitrogens is 1. The molecule has 2 amide bonds. The molecule has 0 saturated carbocycles. The zero-order valence-corrected chi connectivity index (χ0v) is 20.2. The van der Waals surface area contributed by atoms with Crippen molar-refractivity contribution in [3.05, 3.63) is 109 Å². The number of carbonyl (C=O) groups is 2. The van der Waals surface area contributed by atoms with E-state index in [2.05, 4.69) is 15.2 Å². The van der Waals surface area contributed by atoms with E-state index in [1.807, 2.05) is 72.9 Å². The van der Waals surface area contributed by atoms with Crippen molar-refractivity contribution in [1.29, 1.82) is 0 Å². The Morgan fingerprint density at radius 1 is 0.861 bits per heavy atom. The Morgan fingerprint density at radius 3 is 2.47 bits per heavy atom. The molecule has 5 rings (SSSR count). The van der Waals surface area contributed by atoms with Crippen molar-refractivity contribution >= 4 is 50.9 Å². The number of rotatable bonds is 8. The SMILES string of the molecule is O=C(CSc1cn(CCNC(=O)c2ccc3ccccc3c2)c2ccccc12)Nc1ccccc1F. The van der Waals surface area contributed by atoms with Crippen LogP contribution in [-0.2, 0) is 11.3 Å². The standard InChI is InChI=1S/C29H24FN3O2S/c30-24-10-4-5-11-25(24)32-28(34)19-36-27-18-33(26-12-6-3-9-23(26)27)16-15-31-29(35)22-14-13-20-7-1-2-8-21(20)17-22/h1-14,17-18H,15-16,19H2,(H,31,35)(H,32,34). The Hall–Kier alpha value is -4.10. The lowest BCUT2D eigenvalue weighted by atomic mass is 10.1. The van der Waals surface area contributed by atoms with E-state index in [0.29, 0.717) is 18.7 Å². The monoisotopic (exact) mass is 497 g/mol. The molecule has 0 radical (unpaired) electrons. The van der Waals surface area contributed by atoms with Crippen molar-refractivity contribution in [2.24, 2.45) is 0 Å². The van der Waals surface area contributed by atoms with Gasteiger partial charge in [0.15, 0.2) is 0 Å². The van der Waals surface area contributed by atoms with Crippen LogP contribution in [0.3, 0.4) is 0 Å². The molecule has 0 unspecified atom stereocenters. The number of hydrogen-bond acceptors (Lipinski definition) is 3. The molecule has 2 N–H and O–H groups in total. The first kappa shape index (κ1) is 23.6. The van der Waals surface area contributed by atoms with Crippen LogP contribution in [0.4, 0.5) is 10.1 Å². The summed E-state index contributed by atoms with van der Waals surface area (Å²) in [5.41, 5.74) is 1.82. The predicted molar refractivity (Wildman–Crippen MR) is 144 cm³/mol. The zero-order valence-electron chi connectivity index (χ0n) is 19.4. The van der Waals surface area contributed by atoms with Crippen LogP contribution < -0.4 is 10.6 Å². The average Bonchev–Trinajstić information content (AvgIpc) is 3.26. The third-order valence-corrected chi connectivity index (χ3v) is 6.95. The highest BCUT2D eigenvalue weighted by Crippen LogP contribution is 2.30. The fourth-order valence-corrected chi connectivity index (χ4v) is 5.02. The summed E-state index contributed by atoms with van der Waals surface area (Å²) in [5.74, 6) is -0.694. The van der Waals surface area contributed by atoms with Gasteiger partial charge >= 0.3 is 0 Å². The summed E-state index contributed by atoms with van der Waals surface area (Å²) in [4.78, 5) is 26.0. The fraction of sp³-hybridized carbons (Fsp3) is 0.103. The van der Waals surface area contributed by atoms with E-state index in [0.717, 1.165) is 26.6 Å². The van der Waals surface area contributed by atoms with Gasteiger partial charge < -0.3 is 15.2 Å². The summed E-state index contributed by atoms with van der Waals surface area (Å²) < 4.78 is 15.9. The van der Waals surface area contributed by atoms with Crippen LogP contribution in [0.25, 0.3) is 21.7 Å². The number of nitrogens with one attached hydrogen (secondary N) is 2. The largest absolute Gasteiger partial charge is 0.350 e. The first-order chi connectivity index (χ1) is 17.6. The van der Waals surface area contributed by atoms with Gasteiger partial charge in [-0.2, -0.15) is 0 Å². The van der Waals surface area contributed by atoms with E-state index in [4.69, 9.17) is 0 Å². The third kappa shape index (κ3) is 5.26. The van der Waals surface area contributed by atoms with Gasteiger partial charge in [-0.3, -0.25) is 9.59 Å². The van der Waals surface area contributed by atoms with Crippen LogP contribution in [0.1, 0.15) is 10.4 Å². The Kier molecular flexibility index (Phi) is 7.00.